The molecule has 24 heavy (non-hydrogen) atoms. The second kappa shape index (κ2) is 9.54. The smallest absolute Gasteiger partial charge is 0.303 e. The lowest BCUT2D eigenvalue weighted by molar-refractivity contribution is -0.137. The number of carbonyl (C=O) groups excluding carboxylic acids is 2. The quantitative estimate of drug-likeness (QED) is 0.675. The van der Waals surface area contributed by atoms with Crippen molar-refractivity contribution in [1.29, 1.82) is 0 Å². The van der Waals surface area contributed by atoms with Crippen molar-refractivity contribution in [3.05, 3.63) is 23.8 Å². The van der Waals surface area contributed by atoms with Gasteiger partial charge in [-0.3, -0.25) is 14.4 Å². The summed E-state index contributed by atoms with van der Waals surface area (Å²) in [6.07, 6.45) is 1.24. The zero-order chi connectivity index (χ0) is 18.1. The van der Waals surface area contributed by atoms with Crippen molar-refractivity contribution in [2.75, 3.05) is 26.0 Å². The molecule has 1 rings (SSSR count). The molecule has 1 aromatic rings. The molecule has 7 nitrogen and oxygen atoms in total. The maximum atomic E-state index is 12.0. The lowest BCUT2D eigenvalue weighted by atomic mass is 10.1. The molecule has 0 aliphatic carbocycles. The second-order valence-corrected chi connectivity index (χ2v) is 5.49. The van der Waals surface area contributed by atoms with E-state index in [1.165, 1.54) is 4.90 Å². The molecule has 0 unspecified atom stereocenters. The van der Waals surface area contributed by atoms with E-state index in [4.69, 9.17) is 9.84 Å². The van der Waals surface area contributed by atoms with Crippen molar-refractivity contribution in [3.8, 4) is 5.75 Å². The number of carboxylic acids is 1. The molecule has 0 fully saturated rings. The van der Waals surface area contributed by atoms with Crippen molar-refractivity contribution >= 4 is 23.5 Å². The molecule has 1 aromatic carbocycles. The van der Waals surface area contributed by atoms with Crippen LogP contribution < -0.4 is 10.1 Å². The first kappa shape index (κ1) is 19.5. The first-order valence-electron chi connectivity index (χ1n) is 7.85. The third-order valence-corrected chi connectivity index (χ3v) is 3.25. The number of rotatable bonds is 9. The topological polar surface area (TPSA) is 95.9 Å². The molecule has 0 aliphatic heterocycles. The van der Waals surface area contributed by atoms with Crippen LogP contribution in [-0.4, -0.2) is 48.5 Å². The lowest BCUT2D eigenvalue weighted by Gasteiger charge is -2.15. The van der Waals surface area contributed by atoms with E-state index in [0.29, 0.717) is 36.4 Å². The number of hydrogen-bond acceptors (Lipinski definition) is 4. The third kappa shape index (κ3) is 6.28. The molecule has 0 heterocycles. The van der Waals surface area contributed by atoms with Crippen LogP contribution in [0.3, 0.4) is 0 Å². The van der Waals surface area contributed by atoms with Gasteiger partial charge in [-0.25, -0.2) is 0 Å². The Morgan fingerprint density at radius 2 is 1.83 bits per heavy atom. The largest absolute Gasteiger partial charge is 0.492 e. The summed E-state index contributed by atoms with van der Waals surface area (Å²) in [5.41, 5.74) is 0.971. The van der Waals surface area contributed by atoms with Gasteiger partial charge in [0.1, 0.15) is 5.75 Å². The number of amides is 2. The molecule has 7 heteroatoms. The number of nitrogens with zero attached hydrogens (tertiary/aromatic N) is 1. The summed E-state index contributed by atoms with van der Waals surface area (Å²) in [5, 5.41) is 11.3. The number of hydrogen-bond donors (Lipinski definition) is 2. The Morgan fingerprint density at radius 3 is 2.42 bits per heavy atom. The Labute approximate surface area is 141 Å². The van der Waals surface area contributed by atoms with Crippen LogP contribution in [0.1, 0.15) is 43.0 Å². The van der Waals surface area contributed by atoms with Gasteiger partial charge >= 0.3 is 5.97 Å². The van der Waals surface area contributed by atoms with Gasteiger partial charge in [-0.05, 0) is 38.0 Å². The van der Waals surface area contributed by atoms with Gasteiger partial charge in [0, 0.05) is 32.5 Å². The highest BCUT2D eigenvalue weighted by Gasteiger charge is 2.14. The standard InChI is InChI=1S/C17H24N2O5/c1-4-24-14-11-12(17(23)19(2)3)9-10-13(14)18-15(20)7-5-6-8-16(21)22/h9-11H,4-8H2,1-3H3,(H,18,20)(H,21,22). The van der Waals surface area contributed by atoms with Gasteiger partial charge in [0.15, 0.2) is 0 Å². The highest BCUT2D eigenvalue weighted by Crippen LogP contribution is 2.27. The Hall–Kier alpha value is -2.57. The highest BCUT2D eigenvalue weighted by atomic mass is 16.5. The fraction of sp³-hybridized carbons (Fsp3) is 0.471. The fourth-order valence-electron chi connectivity index (χ4n) is 2.07. The molecule has 2 amide bonds. The predicted molar refractivity (Wildman–Crippen MR) is 90.4 cm³/mol. The van der Waals surface area contributed by atoms with Crippen LogP contribution >= 0.6 is 0 Å². The number of unbranched alkanes of at least 4 members (excludes halogenated alkanes) is 1. The molecule has 0 saturated carbocycles. The van der Waals surface area contributed by atoms with E-state index in [-0.39, 0.29) is 24.7 Å². The number of ether oxygens (including phenoxy) is 1. The average molecular weight is 336 g/mol. The molecule has 0 saturated heterocycles. The molecule has 132 valence electrons. The summed E-state index contributed by atoms with van der Waals surface area (Å²) in [6, 6.07) is 4.87. The molecule has 0 spiro atoms. The molecule has 2 N–H and O–H groups in total. The van der Waals surface area contributed by atoms with Gasteiger partial charge in [0.25, 0.3) is 5.91 Å². The van der Waals surface area contributed by atoms with Crippen molar-refractivity contribution in [3.63, 3.8) is 0 Å². The zero-order valence-corrected chi connectivity index (χ0v) is 14.3. The Morgan fingerprint density at radius 1 is 1.17 bits per heavy atom. The van der Waals surface area contributed by atoms with Crippen LogP contribution in [0, 0.1) is 0 Å². The molecule has 0 aromatic heterocycles. The summed E-state index contributed by atoms with van der Waals surface area (Å²) in [7, 11) is 3.32. The molecule has 0 radical (unpaired) electrons. The first-order valence-corrected chi connectivity index (χ1v) is 7.85. The summed E-state index contributed by atoms with van der Waals surface area (Å²) in [5.74, 6) is -0.796. The maximum absolute atomic E-state index is 12.0. The minimum atomic E-state index is -0.866. The Kier molecular flexibility index (Phi) is 7.74. The summed E-state index contributed by atoms with van der Waals surface area (Å²) in [4.78, 5) is 35.9. The number of aliphatic carboxylic acids is 1. The van der Waals surface area contributed by atoms with Crippen molar-refractivity contribution in [2.24, 2.45) is 0 Å². The SMILES string of the molecule is CCOc1cc(C(=O)N(C)C)ccc1NC(=O)CCCCC(=O)O. The number of benzene rings is 1. The van der Waals surface area contributed by atoms with Crippen LogP contribution in [0.15, 0.2) is 18.2 Å². The van der Waals surface area contributed by atoms with E-state index in [1.54, 1.807) is 32.3 Å². The summed E-state index contributed by atoms with van der Waals surface area (Å²) in [6.45, 7) is 2.22. The van der Waals surface area contributed by atoms with E-state index in [0.717, 1.165) is 0 Å². The van der Waals surface area contributed by atoms with E-state index >= 15 is 0 Å². The van der Waals surface area contributed by atoms with E-state index in [1.807, 2.05) is 6.92 Å². The third-order valence-electron chi connectivity index (χ3n) is 3.25. The fourth-order valence-corrected chi connectivity index (χ4v) is 2.07. The zero-order valence-electron chi connectivity index (χ0n) is 14.3. The number of carboxylic acid groups (broad SMARTS) is 1. The molecule has 0 bridgehead atoms. The molecular formula is C17H24N2O5. The number of anilines is 1. The van der Waals surface area contributed by atoms with Gasteiger partial charge in [0.05, 0.1) is 12.3 Å². The van der Waals surface area contributed by atoms with Crippen molar-refractivity contribution in [2.45, 2.75) is 32.6 Å². The summed E-state index contributed by atoms with van der Waals surface area (Å²) < 4.78 is 5.50. The van der Waals surface area contributed by atoms with E-state index in [2.05, 4.69) is 5.32 Å². The predicted octanol–water partition coefficient (Wildman–Crippen LogP) is 2.37. The van der Waals surface area contributed by atoms with Gasteiger partial charge in [-0.15, -0.1) is 0 Å². The van der Waals surface area contributed by atoms with E-state index < -0.39 is 5.97 Å². The van der Waals surface area contributed by atoms with Gasteiger partial charge < -0.3 is 20.1 Å². The normalized spacial score (nSPS) is 10.1. The van der Waals surface area contributed by atoms with Crippen LogP contribution in [0.2, 0.25) is 0 Å². The van der Waals surface area contributed by atoms with E-state index in [9.17, 15) is 14.4 Å². The second-order valence-electron chi connectivity index (χ2n) is 5.49. The first-order chi connectivity index (χ1) is 11.3. The minimum absolute atomic E-state index is 0.0544. The van der Waals surface area contributed by atoms with Crippen molar-refractivity contribution in [1.82, 2.24) is 4.90 Å². The van der Waals surface area contributed by atoms with Crippen LogP contribution in [0.5, 0.6) is 5.75 Å². The van der Waals surface area contributed by atoms with Crippen molar-refractivity contribution < 1.29 is 24.2 Å². The van der Waals surface area contributed by atoms with Gasteiger partial charge in [0.2, 0.25) is 5.91 Å². The van der Waals surface area contributed by atoms with Gasteiger partial charge in [-0.2, -0.15) is 0 Å². The Balaban J connectivity index is 2.74. The lowest BCUT2D eigenvalue weighted by Crippen LogP contribution is -2.22. The maximum Gasteiger partial charge on any atom is 0.303 e. The minimum Gasteiger partial charge on any atom is -0.492 e. The van der Waals surface area contributed by atoms with Crippen LogP contribution in [0.25, 0.3) is 0 Å². The van der Waals surface area contributed by atoms with Gasteiger partial charge in [-0.1, -0.05) is 0 Å². The summed E-state index contributed by atoms with van der Waals surface area (Å²) >= 11 is 0. The monoisotopic (exact) mass is 336 g/mol. The number of nitrogens with one attached hydrogen (secondary N) is 1. The van der Waals surface area contributed by atoms with Crippen LogP contribution in [-0.2, 0) is 9.59 Å². The molecular weight excluding hydrogens is 312 g/mol. The molecule has 0 atom stereocenters. The average Bonchev–Trinajstić information content (AvgIpc) is 2.52. The highest BCUT2D eigenvalue weighted by molar-refractivity contribution is 5.97. The molecule has 0 aliphatic rings. The Bertz CT molecular complexity index is 599. The number of carbonyl (C=O) groups is 3. The van der Waals surface area contributed by atoms with Crippen LogP contribution in [0.4, 0.5) is 5.69 Å².